The van der Waals surface area contributed by atoms with Crippen molar-refractivity contribution in [3.63, 3.8) is 0 Å². The molecule has 1 aromatic rings. The average Bonchev–Trinajstić information content (AvgIpc) is 2.27. The predicted molar refractivity (Wildman–Crippen MR) is 61.7 cm³/mol. The van der Waals surface area contributed by atoms with E-state index in [9.17, 15) is 4.79 Å². The molecular weight excluding hydrogens is 188 g/mol. The lowest BCUT2D eigenvalue weighted by molar-refractivity contribution is -0.120. The Morgan fingerprint density at radius 3 is 2.47 bits per heavy atom. The van der Waals surface area contributed by atoms with Crippen LogP contribution in [-0.4, -0.2) is 19.5 Å². The second-order valence-electron chi connectivity index (χ2n) is 3.72. The molecule has 0 aliphatic rings. The number of aryl methyl sites for hydroxylation is 1. The van der Waals surface area contributed by atoms with Crippen molar-refractivity contribution < 1.29 is 4.79 Å². The van der Waals surface area contributed by atoms with Crippen LogP contribution in [0.25, 0.3) is 0 Å². The van der Waals surface area contributed by atoms with E-state index in [-0.39, 0.29) is 11.8 Å². The van der Waals surface area contributed by atoms with E-state index in [1.165, 1.54) is 5.56 Å². The monoisotopic (exact) mass is 206 g/mol. The van der Waals surface area contributed by atoms with Gasteiger partial charge in [0.2, 0.25) is 5.91 Å². The van der Waals surface area contributed by atoms with E-state index in [4.69, 9.17) is 5.73 Å². The number of hydrogen-bond donors (Lipinski definition) is 2. The third-order valence-corrected chi connectivity index (χ3v) is 2.54. The number of nitrogens with one attached hydrogen (secondary N) is 1. The van der Waals surface area contributed by atoms with Crippen LogP contribution in [0.4, 0.5) is 0 Å². The third-order valence-electron chi connectivity index (χ3n) is 2.54. The molecule has 0 bridgehead atoms. The van der Waals surface area contributed by atoms with Crippen LogP contribution in [-0.2, 0) is 4.79 Å². The molecule has 0 saturated carbocycles. The van der Waals surface area contributed by atoms with E-state index in [0.29, 0.717) is 13.0 Å². The van der Waals surface area contributed by atoms with Gasteiger partial charge in [0, 0.05) is 19.4 Å². The Hall–Kier alpha value is -1.35. The van der Waals surface area contributed by atoms with Gasteiger partial charge in [-0.05, 0) is 19.0 Å². The Balaban J connectivity index is 2.74. The maximum atomic E-state index is 11.3. The quantitative estimate of drug-likeness (QED) is 0.777. The standard InChI is InChI=1S/C12H18N2O/c1-9-3-5-10(6-4-9)11(8-13)7-12(15)14-2/h3-6,11H,7-8,13H2,1-2H3,(H,14,15). The lowest BCUT2D eigenvalue weighted by Crippen LogP contribution is -2.24. The first kappa shape index (κ1) is 11.7. The van der Waals surface area contributed by atoms with Crippen molar-refractivity contribution in [2.45, 2.75) is 19.3 Å². The molecule has 1 amide bonds. The first-order chi connectivity index (χ1) is 7.17. The summed E-state index contributed by atoms with van der Waals surface area (Å²) in [6.07, 6.45) is 0.454. The summed E-state index contributed by atoms with van der Waals surface area (Å²) in [5, 5.41) is 2.62. The van der Waals surface area contributed by atoms with Gasteiger partial charge in [0.1, 0.15) is 0 Å². The fraction of sp³-hybridized carbons (Fsp3) is 0.417. The zero-order valence-corrected chi connectivity index (χ0v) is 9.29. The second-order valence-corrected chi connectivity index (χ2v) is 3.72. The number of benzene rings is 1. The van der Waals surface area contributed by atoms with Gasteiger partial charge in [-0.25, -0.2) is 0 Å². The zero-order chi connectivity index (χ0) is 11.3. The molecule has 15 heavy (non-hydrogen) atoms. The van der Waals surface area contributed by atoms with E-state index in [2.05, 4.69) is 5.32 Å². The van der Waals surface area contributed by atoms with Crippen LogP contribution in [0.15, 0.2) is 24.3 Å². The number of carbonyl (C=O) groups is 1. The van der Waals surface area contributed by atoms with E-state index < -0.39 is 0 Å². The molecule has 1 atom stereocenters. The van der Waals surface area contributed by atoms with Crippen LogP contribution in [0.1, 0.15) is 23.5 Å². The van der Waals surface area contributed by atoms with E-state index in [1.807, 2.05) is 31.2 Å². The Kier molecular flexibility index (Phi) is 4.31. The zero-order valence-electron chi connectivity index (χ0n) is 9.29. The topological polar surface area (TPSA) is 55.1 Å². The molecule has 3 N–H and O–H groups in total. The number of nitrogens with two attached hydrogens (primary N) is 1. The highest BCUT2D eigenvalue weighted by Crippen LogP contribution is 2.18. The lowest BCUT2D eigenvalue weighted by Gasteiger charge is -2.14. The van der Waals surface area contributed by atoms with Crippen LogP contribution >= 0.6 is 0 Å². The van der Waals surface area contributed by atoms with Crippen molar-refractivity contribution in [3.05, 3.63) is 35.4 Å². The molecular formula is C12H18N2O. The van der Waals surface area contributed by atoms with Crippen molar-refractivity contribution in [1.82, 2.24) is 5.32 Å². The number of carbonyl (C=O) groups excluding carboxylic acids is 1. The maximum absolute atomic E-state index is 11.3. The van der Waals surface area contributed by atoms with Gasteiger partial charge < -0.3 is 11.1 Å². The highest BCUT2D eigenvalue weighted by atomic mass is 16.1. The van der Waals surface area contributed by atoms with Gasteiger partial charge in [0.15, 0.2) is 0 Å². The maximum Gasteiger partial charge on any atom is 0.220 e. The molecule has 0 fully saturated rings. The van der Waals surface area contributed by atoms with Crippen molar-refractivity contribution in [3.8, 4) is 0 Å². The summed E-state index contributed by atoms with van der Waals surface area (Å²) in [5.41, 5.74) is 8.01. The number of amides is 1. The number of rotatable bonds is 4. The Labute approximate surface area is 90.7 Å². The summed E-state index contributed by atoms with van der Waals surface area (Å²) >= 11 is 0. The smallest absolute Gasteiger partial charge is 0.220 e. The van der Waals surface area contributed by atoms with Gasteiger partial charge >= 0.3 is 0 Å². The highest BCUT2D eigenvalue weighted by molar-refractivity contribution is 5.76. The molecule has 82 valence electrons. The van der Waals surface area contributed by atoms with E-state index in [1.54, 1.807) is 7.05 Å². The minimum atomic E-state index is 0.0334. The molecule has 0 heterocycles. The lowest BCUT2D eigenvalue weighted by atomic mass is 9.95. The highest BCUT2D eigenvalue weighted by Gasteiger charge is 2.13. The molecule has 0 aliphatic carbocycles. The van der Waals surface area contributed by atoms with Gasteiger partial charge in [0.05, 0.1) is 0 Å². The van der Waals surface area contributed by atoms with E-state index in [0.717, 1.165) is 5.56 Å². The van der Waals surface area contributed by atoms with Gasteiger partial charge in [-0.3, -0.25) is 4.79 Å². The first-order valence-corrected chi connectivity index (χ1v) is 5.14. The van der Waals surface area contributed by atoms with Crippen LogP contribution in [0, 0.1) is 6.92 Å². The molecule has 0 radical (unpaired) electrons. The summed E-state index contributed by atoms with van der Waals surface area (Å²) in [6, 6.07) is 8.16. The molecule has 0 aromatic heterocycles. The Bertz CT molecular complexity index is 319. The van der Waals surface area contributed by atoms with Gasteiger partial charge in [-0.1, -0.05) is 29.8 Å². The average molecular weight is 206 g/mol. The molecule has 0 spiro atoms. The summed E-state index contributed by atoms with van der Waals surface area (Å²) in [7, 11) is 1.64. The molecule has 0 aliphatic heterocycles. The first-order valence-electron chi connectivity index (χ1n) is 5.14. The SMILES string of the molecule is CNC(=O)CC(CN)c1ccc(C)cc1. The minimum Gasteiger partial charge on any atom is -0.359 e. The van der Waals surface area contributed by atoms with Crippen molar-refractivity contribution in [1.29, 1.82) is 0 Å². The number of hydrogen-bond acceptors (Lipinski definition) is 2. The summed E-state index contributed by atoms with van der Waals surface area (Å²) in [4.78, 5) is 11.3. The van der Waals surface area contributed by atoms with Crippen molar-refractivity contribution in [2.24, 2.45) is 5.73 Å². The van der Waals surface area contributed by atoms with Gasteiger partial charge in [-0.15, -0.1) is 0 Å². The van der Waals surface area contributed by atoms with Gasteiger partial charge in [-0.2, -0.15) is 0 Å². The Morgan fingerprint density at radius 2 is 2.00 bits per heavy atom. The Morgan fingerprint density at radius 1 is 1.40 bits per heavy atom. The molecule has 1 rings (SSSR count). The van der Waals surface area contributed by atoms with Crippen LogP contribution in [0.3, 0.4) is 0 Å². The molecule has 3 heteroatoms. The van der Waals surface area contributed by atoms with E-state index >= 15 is 0 Å². The molecule has 0 saturated heterocycles. The second kappa shape index (κ2) is 5.51. The van der Waals surface area contributed by atoms with Crippen molar-refractivity contribution in [2.75, 3.05) is 13.6 Å². The summed E-state index contributed by atoms with van der Waals surface area (Å²) in [5.74, 6) is 0.150. The normalized spacial score (nSPS) is 12.2. The fourth-order valence-corrected chi connectivity index (χ4v) is 1.50. The minimum absolute atomic E-state index is 0.0334. The van der Waals surface area contributed by atoms with Crippen LogP contribution in [0.5, 0.6) is 0 Å². The van der Waals surface area contributed by atoms with Crippen LogP contribution < -0.4 is 11.1 Å². The third kappa shape index (κ3) is 3.36. The largest absolute Gasteiger partial charge is 0.359 e. The van der Waals surface area contributed by atoms with Crippen molar-refractivity contribution >= 4 is 5.91 Å². The summed E-state index contributed by atoms with van der Waals surface area (Å²) in [6.45, 7) is 2.54. The summed E-state index contributed by atoms with van der Waals surface area (Å²) < 4.78 is 0. The molecule has 1 aromatic carbocycles. The predicted octanol–water partition coefficient (Wildman–Crippen LogP) is 1.17. The van der Waals surface area contributed by atoms with Crippen LogP contribution in [0.2, 0.25) is 0 Å². The van der Waals surface area contributed by atoms with Gasteiger partial charge in [0.25, 0.3) is 0 Å². The fourth-order valence-electron chi connectivity index (χ4n) is 1.50. The molecule has 1 unspecified atom stereocenters. The molecule has 3 nitrogen and oxygen atoms in total.